The van der Waals surface area contributed by atoms with Gasteiger partial charge >= 0.3 is 0 Å². The van der Waals surface area contributed by atoms with Gasteiger partial charge in [0.05, 0.1) is 16.9 Å². The number of benzene rings is 1. The Morgan fingerprint density at radius 1 is 1.18 bits per heavy atom. The van der Waals surface area contributed by atoms with Crippen molar-refractivity contribution >= 4 is 5.78 Å². The van der Waals surface area contributed by atoms with Crippen LogP contribution in [0.3, 0.4) is 0 Å². The van der Waals surface area contributed by atoms with E-state index in [1.165, 1.54) is 5.56 Å². The van der Waals surface area contributed by atoms with Crippen molar-refractivity contribution < 1.29 is 4.79 Å². The molecule has 22 heavy (non-hydrogen) atoms. The number of rotatable bonds is 1. The monoisotopic (exact) mass is 293 g/mol. The molecule has 2 aromatic rings. The maximum Gasteiger partial charge on any atom is 0.174 e. The summed E-state index contributed by atoms with van der Waals surface area (Å²) in [6.07, 6.45) is 2.12. The molecule has 0 saturated carbocycles. The summed E-state index contributed by atoms with van der Waals surface area (Å²) in [4.78, 5) is 12.1. The van der Waals surface area contributed by atoms with Crippen LogP contribution in [0.4, 0.5) is 0 Å². The molecule has 1 aliphatic rings. The molecule has 0 atom stereocenters. The minimum absolute atomic E-state index is 0.0374. The lowest BCUT2D eigenvalue weighted by atomic mass is 9.87. The summed E-state index contributed by atoms with van der Waals surface area (Å²) < 4.78 is 1.76. The first-order valence-electron chi connectivity index (χ1n) is 7.58. The largest absolute Gasteiger partial charge is 0.294 e. The maximum absolute atomic E-state index is 12.1. The van der Waals surface area contributed by atoms with Gasteiger partial charge in [-0.2, -0.15) is 10.4 Å². The summed E-state index contributed by atoms with van der Waals surface area (Å²) in [5.41, 5.74) is 3.88. The Kier molecular flexibility index (Phi) is 3.37. The fourth-order valence-electron chi connectivity index (χ4n) is 2.91. The molecule has 0 aliphatic heterocycles. The highest BCUT2D eigenvalue weighted by atomic mass is 16.1. The van der Waals surface area contributed by atoms with Crippen molar-refractivity contribution in [2.75, 3.05) is 0 Å². The molecule has 0 bridgehead atoms. The van der Waals surface area contributed by atoms with E-state index in [1.54, 1.807) is 4.68 Å². The Morgan fingerprint density at radius 3 is 2.45 bits per heavy atom. The van der Waals surface area contributed by atoms with Gasteiger partial charge in [-0.25, -0.2) is 4.68 Å². The zero-order chi connectivity index (χ0) is 15.9. The second kappa shape index (κ2) is 5.10. The van der Waals surface area contributed by atoms with Crippen LogP contribution < -0.4 is 0 Å². The Labute approximate surface area is 130 Å². The SMILES string of the molecule is CC(C)(C)c1ccc(-n2nc(C#N)c3c2CCCC3=O)cc1. The topological polar surface area (TPSA) is 58.7 Å². The van der Waals surface area contributed by atoms with Crippen molar-refractivity contribution in [3.8, 4) is 11.8 Å². The fraction of sp³-hybridized carbons (Fsp3) is 0.389. The van der Waals surface area contributed by atoms with Gasteiger partial charge in [-0.15, -0.1) is 0 Å². The molecule has 4 heteroatoms. The third-order valence-electron chi connectivity index (χ3n) is 4.16. The molecule has 1 aromatic carbocycles. The normalized spacial score (nSPS) is 14.5. The summed E-state index contributed by atoms with van der Waals surface area (Å²) in [6.45, 7) is 6.51. The van der Waals surface area contributed by atoms with E-state index in [4.69, 9.17) is 0 Å². The average molecular weight is 293 g/mol. The zero-order valence-electron chi connectivity index (χ0n) is 13.2. The first-order valence-corrected chi connectivity index (χ1v) is 7.58. The summed E-state index contributed by atoms with van der Waals surface area (Å²) >= 11 is 0. The van der Waals surface area contributed by atoms with Gasteiger partial charge in [-0.1, -0.05) is 32.9 Å². The highest BCUT2D eigenvalue weighted by Gasteiger charge is 2.27. The van der Waals surface area contributed by atoms with Gasteiger partial charge in [-0.05, 0) is 36.0 Å². The lowest BCUT2D eigenvalue weighted by molar-refractivity contribution is 0.0972. The van der Waals surface area contributed by atoms with E-state index in [9.17, 15) is 10.1 Å². The van der Waals surface area contributed by atoms with Crippen molar-refractivity contribution in [2.45, 2.75) is 45.4 Å². The molecule has 0 radical (unpaired) electrons. The number of fused-ring (bicyclic) bond motifs is 1. The quantitative estimate of drug-likeness (QED) is 0.807. The van der Waals surface area contributed by atoms with E-state index in [1.807, 2.05) is 12.1 Å². The number of ketones is 1. The van der Waals surface area contributed by atoms with E-state index in [2.05, 4.69) is 44.1 Å². The van der Waals surface area contributed by atoms with Crippen LogP contribution in [0.2, 0.25) is 0 Å². The molecule has 0 amide bonds. The van der Waals surface area contributed by atoms with E-state index in [-0.39, 0.29) is 16.9 Å². The van der Waals surface area contributed by atoms with E-state index in [0.717, 1.165) is 24.2 Å². The molecule has 3 rings (SSSR count). The van der Waals surface area contributed by atoms with E-state index < -0.39 is 0 Å². The smallest absolute Gasteiger partial charge is 0.174 e. The highest BCUT2D eigenvalue weighted by Crippen LogP contribution is 2.28. The van der Waals surface area contributed by atoms with Gasteiger partial charge in [0, 0.05) is 6.42 Å². The number of nitrogens with zero attached hydrogens (tertiary/aromatic N) is 3. The van der Waals surface area contributed by atoms with Crippen molar-refractivity contribution in [1.82, 2.24) is 9.78 Å². The van der Waals surface area contributed by atoms with Gasteiger partial charge in [0.15, 0.2) is 11.5 Å². The lowest BCUT2D eigenvalue weighted by Gasteiger charge is -2.19. The van der Waals surface area contributed by atoms with Crippen LogP contribution in [0.25, 0.3) is 5.69 Å². The first-order chi connectivity index (χ1) is 10.4. The summed E-state index contributed by atoms with van der Waals surface area (Å²) in [7, 11) is 0. The van der Waals surface area contributed by atoms with E-state index >= 15 is 0 Å². The minimum Gasteiger partial charge on any atom is -0.294 e. The number of nitriles is 1. The van der Waals surface area contributed by atoms with Crippen LogP contribution in [0.15, 0.2) is 24.3 Å². The molecule has 0 unspecified atom stereocenters. The van der Waals surface area contributed by atoms with Gasteiger partial charge < -0.3 is 0 Å². The second-order valence-corrected chi connectivity index (χ2v) is 6.77. The number of carbonyl (C=O) groups is 1. The third-order valence-corrected chi connectivity index (χ3v) is 4.16. The molecule has 1 heterocycles. The Hall–Kier alpha value is -2.41. The number of hydrogen-bond donors (Lipinski definition) is 0. The molecule has 1 aromatic heterocycles. The van der Waals surface area contributed by atoms with E-state index in [0.29, 0.717) is 12.0 Å². The van der Waals surface area contributed by atoms with Crippen molar-refractivity contribution in [3.05, 3.63) is 46.8 Å². The molecule has 0 N–H and O–H groups in total. The minimum atomic E-state index is 0.0374. The Bertz CT molecular complexity index is 770. The first kappa shape index (κ1) is 14.5. The highest BCUT2D eigenvalue weighted by molar-refractivity contribution is 6.00. The van der Waals surface area contributed by atoms with Crippen molar-refractivity contribution in [3.63, 3.8) is 0 Å². The molecule has 0 spiro atoms. The molecule has 0 fully saturated rings. The van der Waals surface area contributed by atoms with Crippen molar-refractivity contribution in [2.24, 2.45) is 0 Å². The van der Waals surface area contributed by atoms with Gasteiger partial charge in [-0.3, -0.25) is 4.79 Å². The molecule has 112 valence electrons. The Balaban J connectivity index is 2.10. The van der Waals surface area contributed by atoms with Crippen LogP contribution in [-0.2, 0) is 11.8 Å². The number of Topliss-reactive ketones (excluding diaryl/α,β-unsaturated/α-hetero) is 1. The summed E-state index contributed by atoms with van der Waals surface area (Å²) in [5.74, 6) is 0.0374. The van der Waals surface area contributed by atoms with Crippen LogP contribution in [0.1, 0.15) is 60.9 Å². The molecule has 4 nitrogen and oxygen atoms in total. The molecular formula is C18H19N3O. The molecule has 0 saturated heterocycles. The number of aromatic nitrogens is 2. The maximum atomic E-state index is 12.1. The van der Waals surface area contributed by atoms with Crippen molar-refractivity contribution in [1.29, 1.82) is 5.26 Å². The van der Waals surface area contributed by atoms with Crippen LogP contribution in [0.5, 0.6) is 0 Å². The lowest BCUT2D eigenvalue weighted by Crippen LogP contribution is -2.14. The van der Waals surface area contributed by atoms with Crippen LogP contribution in [0, 0.1) is 11.3 Å². The predicted octanol–water partition coefficient (Wildman–Crippen LogP) is 3.56. The zero-order valence-corrected chi connectivity index (χ0v) is 13.2. The number of carbonyl (C=O) groups excluding carboxylic acids is 1. The fourth-order valence-corrected chi connectivity index (χ4v) is 2.91. The van der Waals surface area contributed by atoms with Gasteiger partial charge in [0.25, 0.3) is 0 Å². The Morgan fingerprint density at radius 2 is 1.86 bits per heavy atom. The van der Waals surface area contributed by atoms with Crippen LogP contribution >= 0.6 is 0 Å². The predicted molar refractivity (Wildman–Crippen MR) is 84.2 cm³/mol. The molecular weight excluding hydrogens is 274 g/mol. The van der Waals surface area contributed by atoms with Gasteiger partial charge in [0.1, 0.15) is 6.07 Å². The second-order valence-electron chi connectivity index (χ2n) is 6.77. The standard InChI is InChI=1S/C18H19N3O/c1-18(2,3)12-7-9-13(10-8-12)21-15-5-4-6-16(22)17(15)14(11-19)20-21/h7-10H,4-6H2,1-3H3. The van der Waals surface area contributed by atoms with Gasteiger partial charge in [0.2, 0.25) is 0 Å². The van der Waals surface area contributed by atoms with Crippen LogP contribution in [-0.4, -0.2) is 15.6 Å². The third kappa shape index (κ3) is 2.33. The average Bonchev–Trinajstić information content (AvgIpc) is 2.87. The summed E-state index contributed by atoms with van der Waals surface area (Å²) in [5, 5.41) is 13.6. The number of hydrogen-bond acceptors (Lipinski definition) is 3. The molecule has 1 aliphatic carbocycles. The summed E-state index contributed by atoms with van der Waals surface area (Å²) in [6, 6.07) is 10.2.